The molecule has 4 nitrogen and oxygen atoms in total. The summed E-state index contributed by atoms with van der Waals surface area (Å²) in [5.74, 6) is 7.18. The van der Waals surface area contributed by atoms with Crippen LogP contribution in [0.4, 0.5) is 0 Å². The van der Waals surface area contributed by atoms with Gasteiger partial charge >= 0.3 is 0 Å². The third-order valence-electron chi connectivity index (χ3n) is 6.66. The average Bonchev–Trinajstić information content (AvgIpc) is 3.39. The van der Waals surface area contributed by atoms with Gasteiger partial charge in [0.15, 0.2) is 11.8 Å². The Morgan fingerprint density at radius 3 is 1.50 bits per heavy atom. The van der Waals surface area contributed by atoms with Crippen molar-refractivity contribution >= 4 is 11.8 Å². The van der Waals surface area contributed by atoms with Crippen LogP contribution in [0.5, 0.6) is 0 Å². The highest BCUT2D eigenvalue weighted by molar-refractivity contribution is 5.87. The van der Waals surface area contributed by atoms with Gasteiger partial charge in [0.05, 0.1) is 12.1 Å². The first-order valence-electron chi connectivity index (χ1n) is 10.7. The highest BCUT2D eigenvalue weighted by Gasteiger charge is 2.47. The zero-order valence-corrected chi connectivity index (χ0v) is 16.8. The van der Waals surface area contributed by atoms with Crippen molar-refractivity contribution in [1.29, 1.82) is 0 Å². The van der Waals surface area contributed by atoms with Crippen LogP contribution in [0.3, 0.4) is 0 Å². The van der Waals surface area contributed by atoms with E-state index in [1.165, 1.54) is 38.5 Å². The molecule has 0 saturated heterocycles. The van der Waals surface area contributed by atoms with Crippen LogP contribution in [0.2, 0.25) is 0 Å². The Balaban J connectivity index is 1.49. The van der Waals surface area contributed by atoms with Gasteiger partial charge < -0.3 is 9.47 Å². The molecule has 4 rings (SSSR count). The van der Waals surface area contributed by atoms with Crippen LogP contribution in [-0.4, -0.2) is 37.1 Å². The molecule has 0 aromatic carbocycles. The van der Waals surface area contributed by atoms with Crippen molar-refractivity contribution < 1.29 is 9.47 Å². The van der Waals surface area contributed by atoms with Crippen LogP contribution < -0.4 is 0 Å². The molecule has 2 unspecified atom stereocenters. The molecule has 0 aromatic heterocycles. The molecule has 4 atom stereocenters. The summed E-state index contributed by atoms with van der Waals surface area (Å²) in [6.45, 7) is 10.5. The third kappa shape index (κ3) is 3.41. The summed E-state index contributed by atoms with van der Waals surface area (Å²) in [6, 6.07) is 0.677. The summed E-state index contributed by atoms with van der Waals surface area (Å²) in [6.07, 6.45) is 7.30. The van der Waals surface area contributed by atoms with Gasteiger partial charge in [-0.05, 0) is 49.4 Å². The largest absolute Gasteiger partial charge is 0.478 e. The lowest BCUT2D eigenvalue weighted by molar-refractivity contribution is 0.274. The molecule has 2 aliphatic heterocycles. The maximum absolute atomic E-state index is 6.06. The minimum Gasteiger partial charge on any atom is -0.478 e. The number of ether oxygens (including phenoxy) is 2. The van der Waals surface area contributed by atoms with Gasteiger partial charge in [0.2, 0.25) is 0 Å². The fraction of sp³-hybridized carbons (Fsp3) is 0.818. The fourth-order valence-electron chi connectivity index (χ4n) is 4.89. The molecule has 0 N–H and O–H groups in total. The molecular formula is C22H34N2O2. The monoisotopic (exact) mass is 358 g/mol. The Morgan fingerprint density at radius 2 is 1.15 bits per heavy atom. The van der Waals surface area contributed by atoms with Crippen LogP contribution in [-0.2, 0) is 9.47 Å². The molecule has 2 heterocycles. The lowest BCUT2D eigenvalue weighted by Crippen LogP contribution is -2.28. The van der Waals surface area contributed by atoms with Crippen molar-refractivity contribution in [1.82, 2.24) is 0 Å². The summed E-state index contributed by atoms with van der Waals surface area (Å²) >= 11 is 0. The average molecular weight is 359 g/mol. The molecule has 0 amide bonds. The van der Waals surface area contributed by atoms with Gasteiger partial charge in [0, 0.05) is 11.8 Å². The van der Waals surface area contributed by atoms with Crippen LogP contribution in [0.15, 0.2) is 9.98 Å². The first-order valence-corrected chi connectivity index (χ1v) is 10.7. The van der Waals surface area contributed by atoms with E-state index in [4.69, 9.17) is 19.5 Å². The molecule has 2 saturated carbocycles. The number of hydrogen-bond acceptors (Lipinski definition) is 4. The Bertz CT molecular complexity index is 518. The second-order valence-corrected chi connectivity index (χ2v) is 9.12. The normalized spacial score (nSPS) is 35.9. The molecule has 144 valence electrons. The number of rotatable bonds is 5. The third-order valence-corrected chi connectivity index (χ3v) is 6.66. The highest BCUT2D eigenvalue weighted by atomic mass is 16.5. The number of hydrogen-bond donors (Lipinski definition) is 0. The summed E-state index contributed by atoms with van der Waals surface area (Å²) in [4.78, 5) is 9.90. The SMILES string of the molecule is CC(C)[C@H]1COC(C2CCC[C]2[C]2CCCC2C2=N[C@@H](C(C)C)CO2)=N1. The van der Waals surface area contributed by atoms with Gasteiger partial charge in [-0.15, -0.1) is 0 Å². The van der Waals surface area contributed by atoms with E-state index in [0.717, 1.165) is 25.0 Å². The van der Waals surface area contributed by atoms with E-state index in [-0.39, 0.29) is 0 Å². The molecular weight excluding hydrogens is 324 g/mol. The molecule has 0 spiro atoms. The van der Waals surface area contributed by atoms with E-state index in [1.807, 2.05) is 0 Å². The second kappa shape index (κ2) is 7.52. The van der Waals surface area contributed by atoms with Gasteiger partial charge in [-0.25, -0.2) is 9.98 Å². The van der Waals surface area contributed by atoms with E-state index in [9.17, 15) is 0 Å². The highest BCUT2D eigenvalue weighted by Crippen LogP contribution is 2.51. The van der Waals surface area contributed by atoms with E-state index < -0.39 is 0 Å². The minimum atomic E-state index is 0.338. The predicted molar refractivity (Wildman–Crippen MR) is 105 cm³/mol. The summed E-state index contributed by atoms with van der Waals surface area (Å²) in [5, 5.41) is 0. The van der Waals surface area contributed by atoms with Gasteiger partial charge in [-0.1, -0.05) is 40.5 Å². The predicted octanol–water partition coefficient (Wildman–Crippen LogP) is 4.64. The Labute approximate surface area is 158 Å². The minimum absolute atomic E-state index is 0.338. The molecule has 0 aromatic rings. The smallest absolute Gasteiger partial charge is 0.187 e. The molecule has 2 radical (unpaired) electrons. The van der Waals surface area contributed by atoms with Crippen molar-refractivity contribution in [2.75, 3.05) is 13.2 Å². The first-order chi connectivity index (χ1) is 12.5. The van der Waals surface area contributed by atoms with Crippen LogP contribution in [0.1, 0.15) is 66.2 Å². The van der Waals surface area contributed by atoms with Crippen LogP contribution in [0, 0.1) is 35.5 Å². The molecule has 26 heavy (non-hydrogen) atoms. The van der Waals surface area contributed by atoms with Crippen molar-refractivity contribution in [3.05, 3.63) is 11.8 Å². The molecule has 4 heteroatoms. The van der Waals surface area contributed by atoms with E-state index in [2.05, 4.69) is 27.7 Å². The summed E-state index contributed by atoms with van der Waals surface area (Å²) in [7, 11) is 0. The van der Waals surface area contributed by atoms with E-state index in [1.54, 1.807) is 11.8 Å². The van der Waals surface area contributed by atoms with Crippen LogP contribution in [0.25, 0.3) is 0 Å². The molecule has 2 fully saturated rings. The first kappa shape index (κ1) is 18.3. The van der Waals surface area contributed by atoms with Gasteiger partial charge in [0.25, 0.3) is 0 Å². The zero-order valence-electron chi connectivity index (χ0n) is 16.8. The Hall–Kier alpha value is -1.06. The van der Waals surface area contributed by atoms with Gasteiger partial charge in [-0.2, -0.15) is 0 Å². The molecule has 4 aliphatic rings. The zero-order chi connectivity index (χ0) is 18.3. The topological polar surface area (TPSA) is 43.2 Å². The van der Waals surface area contributed by atoms with Crippen molar-refractivity contribution in [2.24, 2.45) is 33.7 Å². The van der Waals surface area contributed by atoms with Gasteiger partial charge in [-0.3, -0.25) is 0 Å². The number of nitrogens with zero attached hydrogens (tertiary/aromatic N) is 2. The number of aliphatic imine (C=N–C) groups is 2. The summed E-state index contributed by atoms with van der Waals surface area (Å²) < 4.78 is 12.1. The summed E-state index contributed by atoms with van der Waals surface area (Å²) in [5.41, 5.74) is 0. The van der Waals surface area contributed by atoms with E-state index in [0.29, 0.717) is 35.8 Å². The van der Waals surface area contributed by atoms with Crippen molar-refractivity contribution in [2.45, 2.75) is 78.3 Å². The fourth-order valence-corrected chi connectivity index (χ4v) is 4.89. The van der Waals surface area contributed by atoms with Crippen LogP contribution >= 0.6 is 0 Å². The van der Waals surface area contributed by atoms with E-state index >= 15 is 0 Å². The Morgan fingerprint density at radius 1 is 0.731 bits per heavy atom. The maximum atomic E-state index is 6.06. The van der Waals surface area contributed by atoms with Crippen molar-refractivity contribution in [3.8, 4) is 0 Å². The lowest BCUT2D eigenvalue weighted by atomic mass is 9.77. The molecule has 0 bridgehead atoms. The quantitative estimate of drug-likeness (QED) is 0.718. The lowest BCUT2D eigenvalue weighted by Gasteiger charge is -2.28. The Kier molecular flexibility index (Phi) is 5.29. The maximum Gasteiger partial charge on any atom is 0.187 e. The molecule has 2 aliphatic carbocycles. The van der Waals surface area contributed by atoms with Gasteiger partial charge in [0.1, 0.15) is 13.2 Å². The van der Waals surface area contributed by atoms with Crippen molar-refractivity contribution in [3.63, 3.8) is 0 Å². The standard InChI is InChI=1S/C22H34N2O2/c1-13(2)19-11-25-21(23-19)17-9-5-7-15(17)16-8-6-10-18(16)22-24-20(12-26-22)14(3)4/h13-14,17-20H,5-12H2,1-4H3/t17?,18?,19-,20-/m1/s1. The second-order valence-electron chi connectivity index (χ2n) is 9.12.